The molecule has 0 radical (unpaired) electrons. The lowest BCUT2D eigenvalue weighted by molar-refractivity contribution is 0.102. The van der Waals surface area contributed by atoms with E-state index in [1.54, 1.807) is 0 Å². The van der Waals surface area contributed by atoms with Crippen LogP contribution in [0.25, 0.3) is 11.0 Å². The normalized spacial score (nSPS) is 14.4. The molecule has 7 heteroatoms. The molecule has 0 aliphatic carbocycles. The number of benzene rings is 2. The summed E-state index contributed by atoms with van der Waals surface area (Å²) in [6.07, 6.45) is 0. The molecule has 1 aromatic heterocycles. The molecule has 4 rings (SSSR count). The number of amides is 1. The van der Waals surface area contributed by atoms with Crippen molar-refractivity contribution in [3.63, 3.8) is 0 Å². The van der Waals surface area contributed by atoms with E-state index in [1.165, 1.54) is 24.3 Å². The van der Waals surface area contributed by atoms with Crippen LogP contribution in [0.1, 0.15) is 10.5 Å². The van der Waals surface area contributed by atoms with Crippen LogP contribution in [0.2, 0.25) is 0 Å². The van der Waals surface area contributed by atoms with Gasteiger partial charge in [-0.25, -0.2) is 14.4 Å². The summed E-state index contributed by atoms with van der Waals surface area (Å²) in [6.45, 7) is 2.44. The van der Waals surface area contributed by atoms with Gasteiger partial charge in [-0.15, -0.1) is 0 Å². The third-order valence-corrected chi connectivity index (χ3v) is 4.18. The maximum Gasteiger partial charge on any atom is 0.278 e. The van der Waals surface area contributed by atoms with E-state index in [0.717, 1.165) is 5.52 Å². The van der Waals surface area contributed by atoms with Crippen molar-refractivity contribution < 1.29 is 13.9 Å². The van der Waals surface area contributed by atoms with Gasteiger partial charge < -0.3 is 15.0 Å². The zero-order valence-corrected chi connectivity index (χ0v) is 14.0. The molecule has 0 spiro atoms. The monoisotopic (exact) mass is 352 g/mol. The summed E-state index contributed by atoms with van der Waals surface area (Å²) >= 11 is 0. The van der Waals surface area contributed by atoms with Gasteiger partial charge in [-0.3, -0.25) is 4.79 Å². The number of morpholine rings is 1. The fourth-order valence-electron chi connectivity index (χ4n) is 2.86. The minimum atomic E-state index is -0.378. The maximum absolute atomic E-state index is 13.1. The highest BCUT2D eigenvalue weighted by molar-refractivity contribution is 6.07. The summed E-state index contributed by atoms with van der Waals surface area (Å²) in [5.41, 5.74) is 2.12. The van der Waals surface area contributed by atoms with Crippen molar-refractivity contribution in [3.05, 3.63) is 60.0 Å². The van der Waals surface area contributed by atoms with Crippen LogP contribution in [0.5, 0.6) is 0 Å². The molecule has 6 nitrogen and oxygen atoms in total. The number of carbonyl (C=O) groups excluding carboxylic acids is 1. The first-order chi connectivity index (χ1) is 12.7. The molecule has 0 atom stereocenters. The van der Waals surface area contributed by atoms with Crippen LogP contribution < -0.4 is 10.2 Å². The Bertz CT molecular complexity index is 940. The zero-order valence-electron chi connectivity index (χ0n) is 14.0. The first kappa shape index (κ1) is 16.4. The molecule has 0 unspecified atom stereocenters. The Kier molecular flexibility index (Phi) is 4.45. The first-order valence-corrected chi connectivity index (χ1v) is 8.37. The molecule has 0 saturated carbocycles. The minimum absolute atomic E-state index is 0.245. The number of fused-ring (bicyclic) bond motifs is 1. The van der Waals surface area contributed by atoms with Crippen LogP contribution in [0.3, 0.4) is 0 Å². The molecule has 1 fully saturated rings. The van der Waals surface area contributed by atoms with Gasteiger partial charge in [0.05, 0.1) is 24.2 Å². The number of anilines is 2. The molecule has 1 aliphatic heterocycles. The Balaban J connectivity index is 1.73. The van der Waals surface area contributed by atoms with Gasteiger partial charge in [-0.05, 0) is 36.4 Å². The molecule has 1 aliphatic rings. The minimum Gasteiger partial charge on any atom is -0.378 e. The summed E-state index contributed by atoms with van der Waals surface area (Å²) < 4.78 is 18.5. The van der Waals surface area contributed by atoms with Gasteiger partial charge in [0.2, 0.25) is 0 Å². The Morgan fingerprint density at radius 1 is 1.00 bits per heavy atom. The van der Waals surface area contributed by atoms with Crippen molar-refractivity contribution in [3.8, 4) is 0 Å². The number of nitrogens with one attached hydrogen (secondary N) is 1. The SMILES string of the molecule is O=C(Nc1ccc(F)cc1)c1nc2ccccc2nc1N1CCOCC1. The van der Waals surface area contributed by atoms with Crippen molar-refractivity contribution >= 4 is 28.4 Å². The second-order valence-electron chi connectivity index (χ2n) is 5.94. The molecular formula is C19H17FN4O2. The maximum atomic E-state index is 13.1. The summed E-state index contributed by atoms with van der Waals surface area (Å²) in [7, 11) is 0. The Morgan fingerprint density at radius 3 is 2.35 bits per heavy atom. The van der Waals surface area contributed by atoms with E-state index in [-0.39, 0.29) is 17.4 Å². The van der Waals surface area contributed by atoms with Gasteiger partial charge in [0.15, 0.2) is 11.5 Å². The third kappa shape index (κ3) is 3.34. The fraction of sp³-hybridized carbons (Fsp3) is 0.211. The van der Waals surface area contributed by atoms with E-state index in [9.17, 15) is 9.18 Å². The van der Waals surface area contributed by atoms with Crippen LogP contribution in [0.15, 0.2) is 48.5 Å². The summed E-state index contributed by atoms with van der Waals surface area (Å²) in [5.74, 6) is -0.203. The zero-order chi connectivity index (χ0) is 17.9. The number of rotatable bonds is 3. The number of hydrogen-bond acceptors (Lipinski definition) is 5. The standard InChI is InChI=1S/C19H17FN4O2/c20-13-5-7-14(8-6-13)21-19(25)17-18(24-9-11-26-12-10-24)23-16-4-2-1-3-15(16)22-17/h1-8H,9-12H2,(H,21,25). The summed E-state index contributed by atoms with van der Waals surface area (Å²) in [4.78, 5) is 24.0. The van der Waals surface area contributed by atoms with Crippen LogP contribution in [-0.2, 0) is 4.74 Å². The molecule has 1 N–H and O–H groups in total. The first-order valence-electron chi connectivity index (χ1n) is 8.37. The average Bonchev–Trinajstić information content (AvgIpc) is 2.69. The largest absolute Gasteiger partial charge is 0.378 e. The van der Waals surface area contributed by atoms with Crippen molar-refractivity contribution in [2.24, 2.45) is 0 Å². The number of aromatic nitrogens is 2. The number of halogens is 1. The lowest BCUT2D eigenvalue weighted by Gasteiger charge is -2.29. The smallest absolute Gasteiger partial charge is 0.278 e. The van der Waals surface area contributed by atoms with Crippen LogP contribution >= 0.6 is 0 Å². The van der Waals surface area contributed by atoms with E-state index in [4.69, 9.17) is 4.74 Å². The average molecular weight is 352 g/mol. The molecule has 0 bridgehead atoms. The van der Waals surface area contributed by atoms with Gasteiger partial charge in [0.25, 0.3) is 5.91 Å². The number of hydrogen-bond donors (Lipinski definition) is 1. The molecule has 1 saturated heterocycles. The van der Waals surface area contributed by atoms with E-state index < -0.39 is 0 Å². The highest BCUT2D eigenvalue weighted by atomic mass is 19.1. The molecule has 132 valence electrons. The molecule has 26 heavy (non-hydrogen) atoms. The van der Waals surface area contributed by atoms with Crippen LogP contribution in [-0.4, -0.2) is 42.2 Å². The topological polar surface area (TPSA) is 67.4 Å². The van der Waals surface area contributed by atoms with Gasteiger partial charge in [0.1, 0.15) is 5.82 Å². The lowest BCUT2D eigenvalue weighted by atomic mass is 10.2. The van der Waals surface area contributed by atoms with Gasteiger partial charge in [-0.2, -0.15) is 0 Å². The van der Waals surface area contributed by atoms with Crippen molar-refractivity contribution in [1.82, 2.24) is 9.97 Å². The molecular weight excluding hydrogens is 335 g/mol. The van der Waals surface area contributed by atoms with E-state index >= 15 is 0 Å². The van der Waals surface area contributed by atoms with Crippen molar-refractivity contribution in [2.75, 3.05) is 36.5 Å². The number of ether oxygens (including phenoxy) is 1. The predicted molar refractivity (Wildman–Crippen MR) is 96.9 cm³/mol. The molecule has 1 amide bonds. The van der Waals surface area contributed by atoms with Crippen LogP contribution in [0.4, 0.5) is 15.9 Å². The van der Waals surface area contributed by atoms with E-state index in [1.807, 2.05) is 29.2 Å². The summed E-state index contributed by atoms with van der Waals surface area (Å²) in [5, 5.41) is 2.76. The second-order valence-corrected chi connectivity index (χ2v) is 5.94. The Labute approximate surface area is 149 Å². The van der Waals surface area contributed by atoms with E-state index in [0.29, 0.717) is 43.3 Å². The Hall–Kier alpha value is -3.06. The highest BCUT2D eigenvalue weighted by Crippen LogP contribution is 2.23. The van der Waals surface area contributed by atoms with Gasteiger partial charge in [0, 0.05) is 18.8 Å². The van der Waals surface area contributed by atoms with Gasteiger partial charge in [-0.1, -0.05) is 12.1 Å². The van der Waals surface area contributed by atoms with Gasteiger partial charge >= 0.3 is 0 Å². The third-order valence-electron chi connectivity index (χ3n) is 4.18. The molecule has 2 heterocycles. The van der Waals surface area contributed by atoms with Crippen LogP contribution in [0, 0.1) is 5.82 Å². The number of carbonyl (C=O) groups is 1. The number of para-hydroxylation sites is 2. The predicted octanol–water partition coefficient (Wildman–Crippen LogP) is 2.86. The van der Waals surface area contributed by atoms with E-state index in [2.05, 4.69) is 15.3 Å². The molecule has 3 aromatic rings. The lowest BCUT2D eigenvalue weighted by Crippen LogP contribution is -2.38. The fourth-order valence-corrected chi connectivity index (χ4v) is 2.86. The van der Waals surface area contributed by atoms with Crippen molar-refractivity contribution in [2.45, 2.75) is 0 Å². The molecule has 2 aromatic carbocycles. The highest BCUT2D eigenvalue weighted by Gasteiger charge is 2.23. The van der Waals surface area contributed by atoms with Crippen molar-refractivity contribution in [1.29, 1.82) is 0 Å². The second kappa shape index (κ2) is 7.05. The Morgan fingerprint density at radius 2 is 1.65 bits per heavy atom. The number of nitrogens with zero attached hydrogens (tertiary/aromatic N) is 3. The summed E-state index contributed by atoms with van der Waals surface area (Å²) in [6, 6.07) is 13.0. The quantitative estimate of drug-likeness (QED) is 0.785.